The molecule has 1 N–H and O–H groups in total. The molecule has 1 aliphatic heterocycles. The first-order valence-corrected chi connectivity index (χ1v) is 7.10. The Kier molecular flexibility index (Phi) is 4.40. The molecule has 1 aromatic carbocycles. The second-order valence-corrected chi connectivity index (χ2v) is 6.03. The van der Waals surface area contributed by atoms with Crippen molar-refractivity contribution in [3.05, 3.63) is 34.3 Å². The van der Waals surface area contributed by atoms with E-state index in [9.17, 15) is 4.79 Å². The van der Waals surface area contributed by atoms with E-state index >= 15 is 0 Å². The summed E-state index contributed by atoms with van der Waals surface area (Å²) < 4.78 is 0.937. The Labute approximate surface area is 117 Å². The van der Waals surface area contributed by atoms with Gasteiger partial charge in [-0.2, -0.15) is 0 Å². The van der Waals surface area contributed by atoms with E-state index in [-0.39, 0.29) is 11.9 Å². The molecule has 0 radical (unpaired) electrons. The molecule has 0 spiro atoms. The molecule has 0 aliphatic carbocycles. The standard InChI is InChI=1S/C14H19BrN2O/c1-10-9-17(2)7-6-13(10)16-14(18)11-4-3-5-12(15)8-11/h3-5,8,10,13H,6-7,9H2,1-2H3,(H,16,18). The Morgan fingerprint density at radius 1 is 1.50 bits per heavy atom. The normalized spacial score (nSPS) is 24.8. The lowest BCUT2D eigenvalue weighted by atomic mass is 9.94. The summed E-state index contributed by atoms with van der Waals surface area (Å²) >= 11 is 3.39. The zero-order chi connectivity index (χ0) is 13.1. The second-order valence-electron chi connectivity index (χ2n) is 5.12. The van der Waals surface area contributed by atoms with Crippen molar-refractivity contribution in [3.63, 3.8) is 0 Å². The number of hydrogen-bond donors (Lipinski definition) is 1. The van der Waals surface area contributed by atoms with E-state index in [4.69, 9.17) is 0 Å². The molecule has 18 heavy (non-hydrogen) atoms. The molecule has 1 aliphatic rings. The fourth-order valence-electron chi connectivity index (χ4n) is 2.45. The zero-order valence-corrected chi connectivity index (χ0v) is 12.4. The predicted octanol–water partition coefficient (Wildman–Crippen LogP) is 2.52. The summed E-state index contributed by atoms with van der Waals surface area (Å²) in [6.45, 7) is 4.29. The highest BCUT2D eigenvalue weighted by molar-refractivity contribution is 9.10. The zero-order valence-electron chi connectivity index (χ0n) is 10.8. The number of hydrogen-bond acceptors (Lipinski definition) is 2. The maximum Gasteiger partial charge on any atom is 0.251 e. The fraction of sp³-hybridized carbons (Fsp3) is 0.500. The van der Waals surface area contributed by atoms with Crippen LogP contribution in [0.5, 0.6) is 0 Å². The van der Waals surface area contributed by atoms with Gasteiger partial charge in [-0.3, -0.25) is 4.79 Å². The first-order valence-electron chi connectivity index (χ1n) is 6.31. The van der Waals surface area contributed by atoms with Crippen molar-refractivity contribution in [2.24, 2.45) is 5.92 Å². The molecule has 1 aromatic rings. The monoisotopic (exact) mass is 310 g/mol. The average Bonchev–Trinajstić information content (AvgIpc) is 2.32. The Hall–Kier alpha value is -0.870. The third-order valence-corrected chi connectivity index (χ3v) is 4.00. The van der Waals surface area contributed by atoms with Crippen molar-refractivity contribution >= 4 is 21.8 Å². The molecule has 0 bridgehead atoms. The third-order valence-electron chi connectivity index (χ3n) is 3.51. The highest BCUT2D eigenvalue weighted by atomic mass is 79.9. The van der Waals surface area contributed by atoms with E-state index in [1.54, 1.807) is 0 Å². The van der Waals surface area contributed by atoms with Crippen LogP contribution in [0.15, 0.2) is 28.7 Å². The highest BCUT2D eigenvalue weighted by Crippen LogP contribution is 2.17. The first kappa shape index (κ1) is 13.6. The van der Waals surface area contributed by atoms with Crippen molar-refractivity contribution in [1.82, 2.24) is 10.2 Å². The summed E-state index contributed by atoms with van der Waals surface area (Å²) in [5.74, 6) is 0.526. The quantitative estimate of drug-likeness (QED) is 0.910. The first-order chi connectivity index (χ1) is 8.56. The molecule has 0 saturated carbocycles. The van der Waals surface area contributed by atoms with E-state index in [2.05, 4.69) is 40.1 Å². The molecule has 98 valence electrons. The lowest BCUT2D eigenvalue weighted by Crippen LogP contribution is -2.48. The number of nitrogens with zero attached hydrogens (tertiary/aromatic N) is 1. The van der Waals surface area contributed by atoms with Crippen LogP contribution in [-0.4, -0.2) is 37.0 Å². The number of amides is 1. The molecular formula is C14H19BrN2O. The van der Waals surface area contributed by atoms with Gasteiger partial charge in [-0.1, -0.05) is 28.9 Å². The molecular weight excluding hydrogens is 292 g/mol. The van der Waals surface area contributed by atoms with Crippen LogP contribution < -0.4 is 5.32 Å². The van der Waals surface area contributed by atoms with Crippen molar-refractivity contribution in [3.8, 4) is 0 Å². The fourth-order valence-corrected chi connectivity index (χ4v) is 2.85. The Bertz CT molecular complexity index is 436. The summed E-state index contributed by atoms with van der Waals surface area (Å²) in [7, 11) is 2.13. The number of benzene rings is 1. The van der Waals surface area contributed by atoms with Crippen LogP contribution in [0.3, 0.4) is 0 Å². The number of rotatable bonds is 2. The molecule has 2 unspecified atom stereocenters. The van der Waals surface area contributed by atoms with Crippen LogP contribution in [0.25, 0.3) is 0 Å². The lowest BCUT2D eigenvalue weighted by molar-refractivity contribution is 0.0884. The van der Waals surface area contributed by atoms with Gasteiger partial charge in [0.1, 0.15) is 0 Å². The number of piperidine rings is 1. The number of nitrogens with one attached hydrogen (secondary N) is 1. The summed E-state index contributed by atoms with van der Waals surface area (Å²) in [4.78, 5) is 14.5. The highest BCUT2D eigenvalue weighted by Gasteiger charge is 2.25. The van der Waals surface area contributed by atoms with E-state index in [0.29, 0.717) is 5.92 Å². The van der Waals surface area contributed by atoms with Crippen molar-refractivity contribution in [2.45, 2.75) is 19.4 Å². The Morgan fingerprint density at radius 2 is 2.28 bits per heavy atom. The molecule has 1 saturated heterocycles. The van der Waals surface area contributed by atoms with Gasteiger partial charge >= 0.3 is 0 Å². The number of carbonyl (C=O) groups is 1. The second kappa shape index (κ2) is 5.85. The minimum atomic E-state index is 0.0257. The number of likely N-dealkylation sites (tertiary alicyclic amines) is 1. The van der Waals surface area contributed by atoms with E-state index < -0.39 is 0 Å². The molecule has 1 amide bonds. The minimum Gasteiger partial charge on any atom is -0.349 e. The van der Waals surface area contributed by atoms with Crippen molar-refractivity contribution in [1.29, 1.82) is 0 Å². The van der Waals surface area contributed by atoms with Crippen molar-refractivity contribution in [2.75, 3.05) is 20.1 Å². The summed E-state index contributed by atoms with van der Waals surface area (Å²) in [5, 5.41) is 3.15. The summed E-state index contributed by atoms with van der Waals surface area (Å²) in [6.07, 6.45) is 1.03. The average molecular weight is 311 g/mol. The molecule has 4 heteroatoms. The molecule has 1 fully saturated rings. The molecule has 2 rings (SSSR count). The minimum absolute atomic E-state index is 0.0257. The third kappa shape index (κ3) is 3.33. The van der Waals surface area contributed by atoms with Crippen LogP contribution in [0.1, 0.15) is 23.7 Å². The van der Waals surface area contributed by atoms with E-state index in [1.165, 1.54) is 0 Å². The van der Waals surface area contributed by atoms with Crippen molar-refractivity contribution < 1.29 is 4.79 Å². The van der Waals surface area contributed by atoms with Gasteiger partial charge < -0.3 is 10.2 Å². The predicted molar refractivity (Wildman–Crippen MR) is 76.7 cm³/mol. The van der Waals surface area contributed by atoms with Gasteiger partial charge in [0.2, 0.25) is 0 Å². The Morgan fingerprint density at radius 3 is 2.94 bits per heavy atom. The molecule has 1 heterocycles. The molecule has 0 aromatic heterocycles. The van der Waals surface area contributed by atoms with Gasteiger partial charge in [-0.15, -0.1) is 0 Å². The van der Waals surface area contributed by atoms with Gasteiger partial charge in [0.05, 0.1) is 0 Å². The topological polar surface area (TPSA) is 32.3 Å². The van der Waals surface area contributed by atoms with Crippen LogP contribution in [0, 0.1) is 5.92 Å². The SMILES string of the molecule is CC1CN(C)CCC1NC(=O)c1cccc(Br)c1. The van der Waals surface area contributed by atoms with Gasteiger partial charge in [-0.05, 0) is 44.1 Å². The van der Waals surface area contributed by atoms with Crippen LogP contribution in [-0.2, 0) is 0 Å². The van der Waals surface area contributed by atoms with Crippen LogP contribution in [0.4, 0.5) is 0 Å². The van der Waals surface area contributed by atoms with Gasteiger partial charge in [0.15, 0.2) is 0 Å². The Balaban J connectivity index is 1.99. The van der Waals surface area contributed by atoms with Gasteiger partial charge in [-0.25, -0.2) is 0 Å². The molecule has 2 atom stereocenters. The van der Waals surface area contributed by atoms with Gasteiger partial charge in [0.25, 0.3) is 5.91 Å². The maximum atomic E-state index is 12.1. The summed E-state index contributed by atoms with van der Waals surface area (Å²) in [5.41, 5.74) is 0.718. The van der Waals surface area contributed by atoms with Gasteiger partial charge in [0, 0.05) is 22.6 Å². The smallest absolute Gasteiger partial charge is 0.251 e. The molecule has 3 nitrogen and oxygen atoms in total. The van der Waals surface area contributed by atoms with Crippen LogP contribution >= 0.6 is 15.9 Å². The largest absolute Gasteiger partial charge is 0.349 e. The van der Waals surface area contributed by atoms with E-state index in [1.807, 2.05) is 24.3 Å². The maximum absolute atomic E-state index is 12.1. The van der Waals surface area contributed by atoms with Crippen LogP contribution in [0.2, 0.25) is 0 Å². The summed E-state index contributed by atoms with van der Waals surface area (Å²) in [6, 6.07) is 7.80. The number of carbonyl (C=O) groups excluding carboxylic acids is 1. The lowest BCUT2D eigenvalue weighted by Gasteiger charge is -2.35. The van der Waals surface area contributed by atoms with E-state index in [0.717, 1.165) is 29.5 Å². The number of halogens is 1.